The summed E-state index contributed by atoms with van der Waals surface area (Å²) in [6, 6.07) is 0. The fourth-order valence-corrected chi connectivity index (χ4v) is 3.16. The molecule has 0 heterocycles. The summed E-state index contributed by atoms with van der Waals surface area (Å²) in [5.74, 6) is -2.93. The Balaban J connectivity index is 2.27. The third-order valence-corrected chi connectivity index (χ3v) is 3.79. The predicted octanol–water partition coefficient (Wildman–Crippen LogP) is 1.21. The Labute approximate surface area is 81.9 Å². The molecule has 3 rings (SSSR count). The molecule has 2 bridgehead atoms. The zero-order valence-corrected chi connectivity index (χ0v) is 7.85. The Morgan fingerprint density at radius 3 is 1.29 bits per heavy atom. The highest BCUT2D eigenvalue weighted by molar-refractivity contribution is 5.81. The second-order valence-electron chi connectivity index (χ2n) is 4.40. The summed E-state index contributed by atoms with van der Waals surface area (Å²) in [7, 11) is 0. The molecule has 3 aliphatic carbocycles. The summed E-state index contributed by atoms with van der Waals surface area (Å²) in [5.41, 5.74) is 0. The molecule has 2 atom stereocenters. The Morgan fingerprint density at radius 1 is 0.786 bits per heavy atom. The van der Waals surface area contributed by atoms with Crippen molar-refractivity contribution in [2.24, 2.45) is 23.7 Å². The molecular weight excluding hydrogens is 184 g/mol. The minimum absolute atomic E-state index is 0.0959. The first kappa shape index (κ1) is 9.49. The normalized spacial score (nSPS) is 40.9. The van der Waals surface area contributed by atoms with Gasteiger partial charge in [-0.1, -0.05) is 0 Å². The molecule has 0 aliphatic heterocycles. The van der Waals surface area contributed by atoms with Gasteiger partial charge in [-0.05, 0) is 37.5 Å². The predicted molar refractivity (Wildman–Crippen MR) is 47.7 cm³/mol. The molecule has 0 aromatic carbocycles. The fraction of sp³-hybridized carbons (Fsp3) is 0.800. The van der Waals surface area contributed by atoms with E-state index in [9.17, 15) is 9.59 Å². The molecule has 0 aromatic rings. The van der Waals surface area contributed by atoms with Gasteiger partial charge < -0.3 is 10.2 Å². The van der Waals surface area contributed by atoms with Crippen molar-refractivity contribution in [1.29, 1.82) is 0 Å². The number of fused-ring (bicyclic) bond motifs is 3. The molecule has 0 radical (unpaired) electrons. The second-order valence-corrected chi connectivity index (χ2v) is 4.40. The average molecular weight is 198 g/mol. The van der Waals surface area contributed by atoms with Gasteiger partial charge in [-0.3, -0.25) is 9.59 Å². The van der Waals surface area contributed by atoms with Crippen LogP contribution in [-0.2, 0) is 9.59 Å². The molecule has 3 fully saturated rings. The third kappa shape index (κ3) is 1.29. The fourth-order valence-electron chi connectivity index (χ4n) is 3.16. The minimum atomic E-state index is -0.924. The molecule has 4 nitrogen and oxygen atoms in total. The monoisotopic (exact) mass is 198 g/mol. The summed E-state index contributed by atoms with van der Waals surface area (Å²) in [6.07, 6.45) is 3.58. The van der Waals surface area contributed by atoms with Gasteiger partial charge in [0.05, 0.1) is 11.8 Å². The maximum absolute atomic E-state index is 11.0. The van der Waals surface area contributed by atoms with Gasteiger partial charge in [0.25, 0.3) is 0 Å². The zero-order chi connectivity index (χ0) is 10.3. The molecule has 2 N–H and O–H groups in total. The van der Waals surface area contributed by atoms with E-state index in [4.69, 9.17) is 10.2 Å². The van der Waals surface area contributed by atoms with E-state index >= 15 is 0 Å². The van der Waals surface area contributed by atoms with E-state index in [1.54, 1.807) is 0 Å². The number of carboxylic acids is 2. The number of hydrogen-bond donors (Lipinski definition) is 2. The largest absolute Gasteiger partial charge is 0.481 e. The van der Waals surface area contributed by atoms with Crippen LogP contribution in [0, 0.1) is 23.7 Å². The summed E-state index contributed by atoms with van der Waals surface area (Å²) in [5, 5.41) is 18.0. The third-order valence-electron chi connectivity index (χ3n) is 3.79. The van der Waals surface area contributed by atoms with Crippen molar-refractivity contribution in [2.45, 2.75) is 25.7 Å². The quantitative estimate of drug-likeness (QED) is 0.699. The number of hydrogen-bond acceptors (Lipinski definition) is 2. The smallest absolute Gasteiger partial charge is 0.307 e. The van der Waals surface area contributed by atoms with Crippen LogP contribution in [-0.4, -0.2) is 22.2 Å². The molecule has 0 spiro atoms. The highest BCUT2D eigenvalue weighted by Gasteiger charge is 2.50. The Morgan fingerprint density at radius 2 is 1.07 bits per heavy atom. The topological polar surface area (TPSA) is 74.6 Å². The van der Waals surface area contributed by atoms with Crippen molar-refractivity contribution >= 4 is 11.9 Å². The number of carboxylic acid groups (broad SMARTS) is 2. The van der Waals surface area contributed by atoms with Gasteiger partial charge in [-0.2, -0.15) is 0 Å². The maximum atomic E-state index is 11.0. The first-order chi connectivity index (χ1) is 6.61. The van der Waals surface area contributed by atoms with Crippen LogP contribution in [0.1, 0.15) is 25.7 Å². The number of rotatable bonds is 2. The van der Waals surface area contributed by atoms with Gasteiger partial charge in [-0.15, -0.1) is 0 Å². The van der Waals surface area contributed by atoms with Gasteiger partial charge >= 0.3 is 11.9 Å². The first-order valence-electron chi connectivity index (χ1n) is 5.07. The van der Waals surface area contributed by atoms with Crippen molar-refractivity contribution in [3.63, 3.8) is 0 Å². The van der Waals surface area contributed by atoms with E-state index in [1.807, 2.05) is 0 Å². The van der Waals surface area contributed by atoms with Crippen molar-refractivity contribution in [1.82, 2.24) is 0 Å². The highest BCUT2D eigenvalue weighted by atomic mass is 16.4. The lowest BCUT2D eigenvalue weighted by atomic mass is 9.58. The summed E-state index contributed by atoms with van der Waals surface area (Å²) >= 11 is 0. The number of aliphatic carboxylic acids is 2. The molecule has 0 aromatic heterocycles. The lowest BCUT2D eigenvalue weighted by molar-refractivity contribution is -0.165. The van der Waals surface area contributed by atoms with Gasteiger partial charge in [-0.25, -0.2) is 0 Å². The van der Waals surface area contributed by atoms with Crippen LogP contribution in [0.25, 0.3) is 0 Å². The van der Waals surface area contributed by atoms with Crippen molar-refractivity contribution in [2.75, 3.05) is 0 Å². The van der Waals surface area contributed by atoms with Crippen LogP contribution in [0.3, 0.4) is 0 Å². The van der Waals surface area contributed by atoms with Gasteiger partial charge in [0, 0.05) is 0 Å². The van der Waals surface area contributed by atoms with Crippen LogP contribution >= 0.6 is 0 Å². The van der Waals surface area contributed by atoms with E-state index in [2.05, 4.69) is 0 Å². The lowest BCUT2D eigenvalue weighted by Gasteiger charge is -2.44. The standard InChI is InChI=1S/C10H14O4/c11-9(12)7-5-1-2-6(4-3-5)8(7)10(13)14/h5-8H,1-4H2,(H,11,12)(H,13,14)/t5?,6?,7-,8+. The van der Waals surface area contributed by atoms with Crippen LogP contribution in [0.2, 0.25) is 0 Å². The molecule has 0 amide bonds. The summed E-state index contributed by atoms with van der Waals surface area (Å²) in [4.78, 5) is 22.0. The number of carbonyl (C=O) groups is 2. The van der Waals surface area contributed by atoms with Crippen molar-refractivity contribution < 1.29 is 19.8 Å². The molecule has 3 aliphatic rings. The Kier molecular flexibility index (Phi) is 2.21. The van der Waals surface area contributed by atoms with Crippen LogP contribution in [0.15, 0.2) is 0 Å². The van der Waals surface area contributed by atoms with E-state index in [0.29, 0.717) is 0 Å². The molecule has 78 valence electrons. The first-order valence-corrected chi connectivity index (χ1v) is 5.07. The lowest BCUT2D eigenvalue weighted by Crippen LogP contribution is -2.47. The molecule has 4 heteroatoms. The van der Waals surface area contributed by atoms with Crippen molar-refractivity contribution in [3.05, 3.63) is 0 Å². The van der Waals surface area contributed by atoms with Crippen LogP contribution in [0.4, 0.5) is 0 Å². The zero-order valence-electron chi connectivity index (χ0n) is 7.85. The minimum Gasteiger partial charge on any atom is -0.481 e. The highest BCUT2D eigenvalue weighted by Crippen LogP contribution is 2.48. The maximum Gasteiger partial charge on any atom is 0.307 e. The van der Waals surface area contributed by atoms with Crippen LogP contribution in [0.5, 0.6) is 0 Å². The van der Waals surface area contributed by atoms with Crippen molar-refractivity contribution in [3.8, 4) is 0 Å². The van der Waals surface area contributed by atoms with E-state index < -0.39 is 23.8 Å². The summed E-state index contributed by atoms with van der Waals surface area (Å²) in [6.45, 7) is 0. The van der Waals surface area contributed by atoms with Gasteiger partial charge in [0.2, 0.25) is 0 Å². The van der Waals surface area contributed by atoms with Gasteiger partial charge in [0.1, 0.15) is 0 Å². The molecule has 0 unspecified atom stereocenters. The Bertz CT molecular complexity index is 237. The molecule has 14 heavy (non-hydrogen) atoms. The van der Waals surface area contributed by atoms with E-state index in [0.717, 1.165) is 25.7 Å². The SMILES string of the molecule is O=C(O)[C@@H]1C2CCC(CC2)[C@@H]1C(=O)O. The summed E-state index contributed by atoms with van der Waals surface area (Å²) < 4.78 is 0. The molecule has 3 saturated carbocycles. The second kappa shape index (κ2) is 3.26. The van der Waals surface area contributed by atoms with E-state index in [-0.39, 0.29) is 11.8 Å². The molecular formula is C10H14O4. The van der Waals surface area contributed by atoms with E-state index in [1.165, 1.54) is 0 Å². The average Bonchev–Trinajstić information content (AvgIpc) is 2.17. The molecule has 0 saturated heterocycles. The Hall–Kier alpha value is -1.06. The van der Waals surface area contributed by atoms with Crippen LogP contribution < -0.4 is 0 Å². The van der Waals surface area contributed by atoms with Gasteiger partial charge in [0.15, 0.2) is 0 Å².